The van der Waals surface area contributed by atoms with Gasteiger partial charge in [0.1, 0.15) is 0 Å². The first-order valence-electron chi connectivity index (χ1n) is 6.89. The number of aryl methyl sites for hydroxylation is 1. The Labute approximate surface area is 119 Å². The van der Waals surface area contributed by atoms with Gasteiger partial charge in [0.15, 0.2) is 5.65 Å². The largest absolute Gasteiger partial charge is 0.232 e. The molecule has 0 unspecified atom stereocenters. The summed E-state index contributed by atoms with van der Waals surface area (Å²) < 4.78 is 1.93. The highest BCUT2D eigenvalue weighted by atomic mass is 15.3. The van der Waals surface area contributed by atoms with Crippen LogP contribution in [0.3, 0.4) is 0 Å². The lowest BCUT2D eigenvalue weighted by atomic mass is 9.91. The van der Waals surface area contributed by atoms with Crippen molar-refractivity contribution in [3.05, 3.63) is 53.9 Å². The maximum atomic E-state index is 4.84. The summed E-state index contributed by atoms with van der Waals surface area (Å²) >= 11 is 0. The van der Waals surface area contributed by atoms with Gasteiger partial charge in [0.25, 0.3) is 0 Å². The predicted molar refractivity (Wildman–Crippen MR) is 82.3 cm³/mol. The molecule has 0 aliphatic heterocycles. The molecule has 0 saturated heterocycles. The van der Waals surface area contributed by atoms with Crippen molar-refractivity contribution in [3.8, 4) is 5.69 Å². The predicted octanol–water partition coefficient (Wildman–Crippen LogP) is 4.03. The third-order valence-corrected chi connectivity index (χ3v) is 3.48. The maximum absolute atomic E-state index is 4.84. The Balaban J connectivity index is 2.28. The molecular weight excluding hydrogens is 246 g/mol. The molecule has 102 valence electrons. The minimum atomic E-state index is 0.0356. The summed E-state index contributed by atoms with van der Waals surface area (Å²) in [6.45, 7) is 8.56. The molecule has 0 bridgehead atoms. The molecule has 0 aliphatic rings. The van der Waals surface area contributed by atoms with Crippen LogP contribution in [0.5, 0.6) is 0 Å². The number of hydrogen-bond donors (Lipinski definition) is 0. The summed E-state index contributed by atoms with van der Waals surface area (Å²) in [7, 11) is 0. The number of fused-ring (bicyclic) bond motifs is 1. The number of benzene rings is 1. The fraction of sp³-hybridized carbons (Fsp3) is 0.294. The van der Waals surface area contributed by atoms with Crippen LogP contribution in [0, 0.1) is 6.92 Å². The van der Waals surface area contributed by atoms with E-state index < -0.39 is 0 Å². The molecule has 3 heteroatoms. The topological polar surface area (TPSA) is 30.7 Å². The number of nitrogens with zero attached hydrogens (tertiary/aromatic N) is 3. The lowest BCUT2D eigenvalue weighted by Gasteiger charge is -2.17. The van der Waals surface area contributed by atoms with Gasteiger partial charge in [-0.15, -0.1) is 0 Å². The third kappa shape index (κ3) is 2.09. The molecule has 2 aromatic heterocycles. The van der Waals surface area contributed by atoms with Gasteiger partial charge in [0.2, 0.25) is 0 Å². The molecule has 1 aromatic carbocycles. The molecule has 0 spiro atoms. The van der Waals surface area contributed by atoms with Crippen molar-refractivity contribution in [2.75, 3.05) is 0 Å². The first-order valence-corrected chi connectivity index (χ1v) is 6.89. The van der Waals surface area contributed by atoms with Crippen molar-refractivity contribution >= 4 is 11.0 Å². The van der Waals surface area contributed by atoms with Crippen molar-refractivity contribution in [2.45, 2.75) is 33.1 Å². The van der Waals surface area contributed by atoms with Gasteiger partial charge in [-0.3, -0.25) is 0 Å². The van der Waals surface area contributed by atoms with Gasteiger partial charge in [0.05, 0.1) is 11.4 Å². The molecule has 0 atom stereocenters. The fourth-order valence-electron chi connectivity index (χ4n) is 2.31. The highest BCUT2D eigenvalue weighted by Gasteiger charge is 2.18. The van der Waals surface area contributed by atoms with E-state index in [2.05, 4.69) is 50.1 Å². The number of pyridine rings is 1. The van der Waals surface area contributed by atoms with Gasteiger partial charge in [-0.05, 0) is 31.2 Å². The molecule has 3 aromatic rings. The first-order chi connectivity index (χ1) is 9.47. The Bertz CT molecular complexity index is 749. The van der Waals surface area contributed by atoms with Gasteiger partial charge < -0.3 is 0 Å². The van der Waals surface area contributed by atoms with Crippen molar-refractivity contribution in [2.24, 2.45) is 0 Å². The van der Waals surface area contributed by atoms with Gasteiger partial charge in [0, 0.05) is 16.5 Å². The van der Waals surface area contributed by atoms with Crippen LogP contribution in [0.2, 0.25) is 0 Å². The van der Waals surface area contributed by atoms with Gasteiger partial charge in [-0.25, -0.2) is 9.67 Å². The van der Waals surface area contributed by atoms with Crippen LogP contribution in [-0.2, 0) is 5.41 Å². The van der Waals surface area contributed by atoms with Crippen LogP contribution in [0.15, 0.2) is 42.5 Å². The SMILES string of the molecule is Cc1nn(-c2ccccc2)c2nc(C(C)(C)C)ccc12. The van der Waals surface area contributed by atoms with Crippen LogP contribution in [-0.4, -0.2) is 14.8 Å². The van der Waals surface area contributed by atoms with E-state index in [-0.39, 0.29) is 5.41 Å². The van der Waals surface area contributed by atoms with E-state index in [1.165, 1.54) is 0 Å². The summed E-state index contributed by atoms with van der Waals surface area (Å²) in [4.78, 5) is 4.84. The van der Waals surface area contributed by atoms with E-state index in [4.69, 9.17) is 4.98 Å². The van der Waals surface area contributed by atoms with Crippen LogP contribution in [0.25, 0.3) is 16.7 Å². The van der Waals surface area contributed by atoms with Crippen molar-refractivity contribution in [3.63, 3.8) is 0 Å². The number of hydrogen-bond acceptors (Lipinski definition) is 2. The van der Waals surface area contributed by atoms with Crippen molar-refractivity contribution in [1.29, 1.82) is 0 Å². The van der Waals surface area contributed by atoms with Crippen molar-refractivity contribution in [1.82, 2.24) is 14.8 Å². The number of aromatic nitrogens is 3. The second kappa shape index (κ2) is 4.44. The fourth-order valence-corrected chi connectivity index (χ4v) is 2.31. The first kappa shape index (κ1) is 12.9. The van der Waals surface area contributed by atoms with Crippen molar-refractivity contribution < 1.29 is 0 Å². The lowest BCUT2D eigenvalue weighted by Crippen LogP contribution is -2.13. The van der Waals surface area contributed by atoms with Gasteiger partial charge in [-0.1, -0.05) is 39.0 Å². The van der Waals surface area contributed by atoms with E-state index in [0.717, 1.165) is 28.1 Å². The van der Waals surface area contributed by atoms with E-state index in [9.17, 15) is 0 Å². The highest BCUT2D eigenvalue weighted by molar-refractivity contribution is 5.80. The molecule has 2 heterocycles. The zero-order valence-electron chi connectivity index (χ0n) is 12.4. The summed E-state index contributed by atoms with van der Waals surface area (Å²) in [5.74, 6) is 0. The van der Waals surface area contributed by atoms with E-state index in [1.807, 2.05) is 29.8 Å². The quantitative estimate of drug-likeness (QED) is 0.665. The molecule has 0 fully saturated rings. The maximum Gasteiger partial charge on any atom is 0.163 e. The summed E-state index contributed by atoms with van der Waals surface area (Å²) in [5.41, 5.74) is 4.11. The highest BCUT2D eigenvalue weighted by Crippen LogP contribution is 2.25. The molecule has 0 aliphatic carbocycles. The Hall–Kier alpha value is -2.16. The standard InChI is InChI=1S/C17H19N3/c1-12-14-10-11-15(17(2,3)4)18-16(14)20(19-12)13-8-6-5-7-9-13/h5-11H,1-4H3. The Morgan fingerprint density at radius 2 is 1.65 bits per heavy atom. The summed E-state index contributed by atoms with van der Waals surface area (Å²) in [6.07, 6.45) is 0. The average molecular weight is 265 g/mol. The van der Waals surface area contributed by atoms with Gasteiger partial charge >= 0.3 is 0 Å². The number of rotatable bonds is 1. The van der Waals surface area contributed by atoms with Crippen LogP contribution in [0.1, 0.15) is 32.2 Å². The van der Waals surface area contributed by atoms with E-state index >= 15 is 0 Å². The van der Waals surface area contributed by atoms with E-state index in [1.54, 1.807) is 0 Å². The minimum Gasteiger partial charge on any atom is -0.232 e. The number of para-hydroxylation sites is 1. The lowest BCUT2D eigenvalue weighted by molar-refractivity contribution is 0.570. The van der Waals surface area contributed by atoms with Gasteiger partial charge in [-0.2, -0.15) is 5.10 Å². The molecule has 3 rings (SSSR count). The Morgan fingerprint density at radius 1 is 0.950 bits per heavy atom. The zero-order valence-corrected chi connectivity index (χ0v) is 12.4. The minimum absolute atomic E-state index is 0.0356. The Kier molecular flexibility index (Phi) is 2.85. The third-order valence-electron chi connectivity index (χ3n) is 3.48. The Morgan fingerprint density at radius 3 is 2.30 bits per heavy atom. The molecule has 20 heavy (non-hydrogen) atoms. The molecule has 0 N–H and O–H groups in total. The molecule has 0 radical (unpaired) electrons. The smallest absolute Gasteiger partial charge is 0.163 e. The molecule has 0 amide bonds. The average Bonchev–Trinajstić information content (AvgIpc) is 2.76. The molecular formula is C17H19N3. The van der Waals surface area contributed by atoms with Crippen LogP contribution >= 0.6 is 0 Å². The normalized spacial score (nSPS) is 12.0. The molecule has 0 saturated carbocycles. The molecule has 3 nitrogen and oxygen atoms in total. The monoisotopic (exact) mass is 265 g/mol. The zero-order chi connectivity index (χ0) is 14.3. The summed E-state index contributed by atoms with van der Waals surface area (Å²) in [5, 5.41) is 5.75. The second-order valence-electron chi connectivity index (χ2n) is 6.15. The van der Waals surface area contributed by atoms with Crippen LogP contribution in [0.4, 0.5) is 0 Å². The summed E-state index contributed by atoms with van der Waals surface area (Å²) in [6, 6.07) is 14.4. The van der Waals surface area contributed by atoms with Crippen LogP contribution < -0.4 is 0 Å². The van der Waals surface area contributed by atoms with E-state index in [0.29, 0.717) is 0 Å². The second-order valence-corrected chi connectivity index (χ2v) is 6.15.